The number of aliphatic hydroxyl groups is 1. The molecule has 0 aliphatic carbocycles. The number of alkyl halides is 1. The Morgan fingerprint density at radius 1 is 0.409 bits per heavy atom. The number of nitrogens with zero attached hydrogens (tertiary/aromatic N) is 8. The summed E-state index contributed by atoms with van der Waals surface area (Å²) in [5.41, 5.74) is 17.5. The largest absolute Gasteiger partial charge is 0.391 e. The molecule has 17 nitrogen and oxygen atoms in total. The molecule has 1 saturated heterocycles. The van der Waals surface area contributed by atoms with Crippen LogP contribution in [0.2, 0.25) is 0 Å². The molecule has 0 amide bonds. The van der Waals surface area contributed by atoms with Crippen molar-refractivity contribution in [3.63, 3.8) is 0 Å². The zero-order valence-corrected chi connectivity index (χ0v) is 75.4. The molecule has 0 saturated carbocycles. The molecular formula is C93H117BrCl3N8O9Y-. The number of halogens is 4. The monoisotopic (exact) mass is 1760 g/mol. The van der Waals surface area contributed by atoms with Crippen molar-refractivity contribution in [3.8, 4) is 0 Å². The van der Waals surface area contributed by atoms with E-state index in [1.54, 1.807) is 66.2 Å². The van der Waals surface area contributed by atoms with Crippen LogP contribution in [0.4, 0.5) is 0 Å². The molecule has 22 heteroatoms. The molecule has 1 aliphatic heterocycles. The molecule has 615 valence electrons. The summed E-state index contributed by atoms with van der Waals surface area (Å²) in [5, 5.41) is 10.4. The fourth-order valence-corrected chi connectivity index (χ4v) is 11.2. The summed E-state index contributed by atoms with van der Waals surface area (Å²) in [6.07, 6.45) is 30.3. The molecule has 115 heavy (non-hydrogen) atoms. The number of hydrogen-bond donors (Lipinski definition) is 1. The Labute approximate surface area is 735 Å². The van der Waals surface area contributed by atoms with Crippen LogP contribution in [0.15, 0.2) is 245 Å². The number of aromatic nitrogens is 8. The average molecular weight is 1770 g/mol. The zero-order valence-electron chi connectivity index (χ0n) is 68.5. The predicted octanol–water partition coefficient (Wildman–Crippen LogP) is 18.9. The number of rotatable bonds is 29. The number of ether oxygens (including phenoxy) is 2. The molecule has 7 aromatic carbocycles. The Kier molecular flexibility index (Phi) is 54.7. The molecule has 1 atom stereocenters. The van der Waals surface area contributed by atoms with E-state index in [0.717, 1.165) is 56.9 Å². The van der Waals surface area contributed by atoms with Crippen LogP contribution in [0.25, 0.3) is 0 Å². The summed E-state index contributed by atoms with van der Waals surface area (Å²) in [6, 6.07) is 58.5. The van der Waals surface area contributed by atoms with Gasteiger partial charge in [-0.15, -0.1) is 49.4 Å². The average Bonchev–Trinajstić information content (AvgIpc) is 1.71. The van der Waals surface area contributed by atoms with Crippen molar-refractivity contribution in [1.82, 2.24) is 38.2 Å². The number of aryl methyl sites for hydroxylation is 13. The summed E-state index contributed by atoms with van der Waals surface area (Å²) in [4.78, 5) is 81.0. The summed E-state index contributed by atoms with van der Waals surface area (Å²) < 4.78 is 19.3. The maximum atomic E-state index is 11.7. The molecule has 5 heterocycles. The van der Waals surface area contributed by atoms with Gasteiger partial charge in [-0.3, -0.25) is 24.0 Å². The number of carbonyl (C=O) groups is 6. The predicted molar refractivity (Wildman–Crippen MR) is 469 cm³/mol. The zero-order chi connectivity index (χ0) is 80.6. The van der Waals surface area contributed by atoms with Gasteiger partial charge in [-0.1, -0.05) is 200 Å². The van der Waals surface area contributed by atoms with Gasteiger partial charge in [0.05, 0.1) is 76.0 Å². The quantitative estimate of drug-likeness (QED) is 0.0263. The van der Waals surface area contributed by atoms with Crippen molar-refractivity contribution >= 4 is 87.9 Å². The molecule has 1 N–H and O–H groups in total. The fourth-order valence-electron chi connectivity index (χ4n) is 10.9. The van der Waals surface area contributed by atoms with Gasteiger partial charge in [0.1, 0.15) is 23.1 Å². The van der Waals surface area contributed by atoms with Gasteiger partial charge in [0.2, 0.25) is 0 Å². The number of Topliss-reactive ketones (excluding diaryl/α,β-unsaturated/α-hetero) is 6. The van der Waals surface area contributed by atoms with Gasteiger partial charge in [0.15, 0.2) is 17.4 Å². The van der Waals surface area contributed by atoms with Crippen LogP contribution in [0.3, 0.4) is 0 Å². The summed E-state index contributed by atoms with van der Waals surface area (Å²) >= 11 is 3.15. The van der Waals surface area contributed by atoms with Gasteiger partial charge < -0.3 is 37.6 Å². The second kappa shape index (κ2) is 60.1. The van der Waals surface area contributed by atoms with Crippen molar-refractivity contribution in [2.75, 3.05) is 18.5 Å². The Morgan fingerprint density at radius 2 is 0.696 bits per heavy atom. The molecule has 1 aliphatic rings. The molecule has 1 unspecified atom stereocenters. The number of aliphatic hydroxyl groups excluding tert-OH is 1. The van der Waals surface area contributed by atoms with Crippen molar-refractivity contribution in [2.24, 2.45) is 0 Å². The third kappa shape index (κ3) is 48.7. The number of hydrogen-bond acceptors (Lipinski definition) is 13. The Balaban J connectivity index is 0.000000665. The van der Waals surface area contributed by atoms with Crippen LogP contribution in [0.1, 0.15) is 144 Å². The topological polar surface area (TPSA) is 212 Å². The van der Waals surface area contributed by atoms with E-state index in [-0.39, 0.29) is 117 Å². The van der Waals surface area contributed by atoms with Crippen LogP contribution < -0.4 is 0 Å². The summed E-state index contributed by atoms with van der Waals surface area (Å²) in [5.74, 6) is 0.370. The maximum Gasteiger partial charge on any atom is 0.186 e. The summed E-state index contributed by atoms with van der Waals surface area (Å²) in [7, 11) is 0. The van der Waals surface area contributed by atoms with Gasteiger partial charge in [-0.05, 0) is 148 Å². The second-order valence-electron chi connectivity index (χ2n) is 28.2. The minimum Gasteiger partial charge on any atom is -0.391 e. The van der Waals surface area contributed by atoms with E-state index in [1.165, 1.54) is 86.2 Å². The first-order valence-corrected chi connectivity index (χ1v) is 39.0. The second-order valence-corrected chi connectivity index (χ2v) is 28.8. The van der Waals surface area contributed by atoms with Crippen molar-refractivity contribution < 1.29 is 76.1 Å². The molecular weight excluding hydrogens is 1650 g/mol. The van der Waals surface area contributed by atoms with Crippen LogP contribution in [0.5, 0.6) is 0 Å². The van der Waals surface area contributed by atoms with Crippen molar-refractivity contribution in [2.45, 2.75) is 191 Å². The minimum absolute atomic E-state index is 0. The molecule has 12 rings (SSSR count). The summed E-state index contributed by atoms with van der Waals surface area (Å²) in [6.45, 7) is 26.2. The van der Waals surface area contributed by atoms with Gasteiger partial charge in [0, 0.05) is 121 Å². The van der Waals surface area contributed by atoms with E-state index in [9.17, 15) is 33.9 Å². The van der Waals surface area contributed by atoms with Crippen LogP contribution in [0, 0.1) is 55.4 Å². The van der Waals surface area contributed by atoms with E-state index in [1.807, 2.05) is 46.1 Å². The van der Waals surface area contributed by atoms with E-state index < -0.39 is 5.79 Å². The van der Waals surface area contributed by atoms with E-state index in [0.29, 0.717) is 70.4 Å². The Bertz CT molecular complexity index is 4250. The molecule has 1 fully saturated rings. The standard InChI is InChI=1S/C16H20N2O2.C14H18N2O.2C14H16N2O.C11H13BrO.C11H14O.C8H9.C5H8O2.3ClH.Y/c1-14-2-4-15(5-3-14)6-7-16(19-10-11-20-16)12-18-9-8-17-13-18;3*1-12-2-4-13(5-3-12)6-7-14(17)10-16-9-8-15-11-16;1-9-2-4-10(5-3-9)6-7-11(13)8-12;1-9-3-6-11(7-4-9)8-5-10(2)12;1-7-3-5-8(2)6-4-7;1-4(6)3-5(2)7;;;;/h2-5,8-9,13H,6-7,10-12H2,1H3;2-5,8-9,11,14,17H,6-7,10H2,1H3;2*2-5,8-9,11H,6-7,10H2,1H3;2-5H,6-8H2,1H3;3-4,6-7H,5,8H2,1-2H3;3-6H,1H2,2H3;3H2,1-2H3;3*1H;/q;;;;;;-1;;;;;. The maximum absolute atomic E-state index is 11.7. The smallest absolute Gasteiger partial charge is 0.186 e. The third-order valence-corrected chi connectivity index (χ3v) is 18.1. The first-order chi connectivity index (χ1) is 53.3. The molecule has 1 radical (unpaired) electrons. The molecule has 0 bridgehead atoms. The normalized spacial score (nSPS) is 11.3. The first-order valence-electron chi connectivity index (χ1n) is 37.9. The SMILES string of the molecule is CC(=O)CC(C)=O.CC(=O)CCc1ccc(C)cc1.Cc1ccc(CCC(=O)CBr)cc1.Cc1ccc(CCC(=O)Cn2ccnc2)cc1.Cc1ccc(CCC(=O)Cn2ccnc2)cc1.Cc1ccc(CCC(O)Cn2ccnc2)cc1.Cc1ccc(CCC2(Cn3ccnc3)OCCO2)cc1.Cl.Cl.Cl.[CH2-]c1ccc(C)cc1.[Y]. The van der Waals surface area contributed by atoms with Gasteiger partial charge in [-0.2, -0.15) is 24.6 Å². The van der Waals surface area contributed by atoms with Crippen molar-refractivity contribution in [3.05, 3.63) is 330 Å². The van der Waals surface area contributed by atoms with Crippen molar-refractivity contribution in [1.29, 1.82) is 0 Å². The molecule has 4 aromatic heterocycles. The van der Waals surface area contributed by atoms with Crippen LogP contribution in [-0.4, -0.2) is 108 Å². The number of imidazole rings is 4. The fraction of sp³-hybridized carbons (Fsp3) is 0.344. The van der Waals surface area contributed by atoms with Gasteiger partial charge >= 0.3 is 0 Å². The van der Waals surface area contributed by atoms with E-state index in [2.05, 4.69) is 249 Å². The van der Waals surface area contributed by atoms with Gasteiger partial charge in [0.25, 0.3) is 0 Å². The van der Waals surface area contributed by atoms with E-state index >= 15 is 0 Å². The third-order valence-electron chi connectivity index (χ3n) is 17.5. The minimum atomic E-state index is -0.508. The number of ketones is 6. The van der Waals surface area contributed by atoms with E-state index in [4.69, 9.17) is 9.47 Å². The first kappa shape index (κ1) is 105. The Hall–Kier alpha value is -8.40. The number of benzene rings is 7. The van der Waals surface area contributed by atoms with Gasteiger partial charge in [-0.25, -0.2) is 19.9 Å². The molecule has 11 aromatic rings. The number of carbonyl (C=O) groups excluding carboxylic acids is 6. The Morgan fingerprint density at radius 3 is 0.983 bits per heavy atom. The van der Waals surface area contributed by atoms with Crippen LogP contribution >= 0.6 is 53.2 Å². The van der Waals surface area contributed by atoms with Crippen LogP contribution in [-0.2, 0) is 136 Å². The molecule has 0 spiro atoms.